The van der Waals surface area contributed by atoms with Gasteiger partial charge in [0.25, 0.3) is 0 Å². The molecule has 6 rings (SSSR count). The van der Waals surface area contributed by atoms with Crippen molar-refractivity contribution in [2.24, 2.45) is 0 Å². The molecule has 2 atom stereocenters. The summed E-state index contributed by atoms with van der Waals surface area (Å²) in [6.07, 6.45) is 8.78. The molecule has 1 fully saturated rings. The molecule has 2 aromatic carbocycles. The lowest BCUT2D eigenvalue weighted by molar-refractivity contribution is -0.111. The Morgan fingerprint density at radius 2 is 2.08 bits per heavy atom. The van der Waals surface area contributed by atoms with Gasteiger partial charge in [-0.25, -0.2) is 4.98 Å². The number of hydrogen-bond donors (Lipinski definition) is 4. The zero-order valence-corrected chi connectivity index (χ0v) is 22.0. The van der Waals surface area contributed by atoms with E-state index >= 15 is 0 Å². The first-order valence-electron chi connectivity index (χ1n) is 12.7. The zero-order valence-electron chi connectivity index (χ0n) is 21.3. The van der Waals surface area contributed by atoms with Gasteiger partial charge in [-0.2, -0.15) is 0 Å². The summed E-state index contributed by atoms with van der Waals surface area (Å²) in [6, 6.07) is 13.3. The maximum atomic E-state index is 12.6. The van der Waals surface area contributed by atoms with Gasteiger partial charge in [-0.1, -0.05) is 17.7 Å². The minimum Gasteiger partial charge on any atom is -0.437 e. The topological polar surface area (TPSA) is 121 Å². The highest BCUT2D eigenvalue weighted by atomic mass is 35.5. The van der Waals surface area contributed by atoms with Crippen LogP contribution in [0.2, 0.25) is 5.02 Å². The zero-order chi connectivity index (χ0) is 26.8. The first-order valence-corrected chi connectivity index (χ1v) is 13.1. The third kappa shape index (κ3) is 5.65. The Morgan fingerprint density at radius 3 is 2.92 bits per heavy atom. The molecule has 39 heavy (non-hydrogen) atoms. The molecular formula is C27H28ClN9O2. The summed E-state index contributed by atoms with van der Waals surface area (Å²) >= 11 is 6.55. The van der Waals surface area contributed by atoms with Crippen molar-refractivity contribution in [2.45, 2.75) is 25.0 Å². The molecule has 4 N–H and O–H groups in total. The maximum Gasteiger partial charge on any atom is 0.248 e. The van der Waals surface area contributed by atoms with Crippen molar-refractivity contribution in [1.29, 1.82) is 0 Å². The van der Waals surface area contributed by atoms with Crippen LogP contribution in [-0.4, -0.2) is 56.7 Å². The quantitative estimate of drug-likeness (QED) is 0.253. The van der Waals surface area contributed by atoms with Gasteiger partial charge in [0.05, 0.1) is 11.7 Å². The van der Waals surface area contributed by atoms with E-state index in [0.29, 0.717) is 35.0 Å². The number of anilines is 3. The van der Waals surface area contributed by atoms with Crippen LogP contribution in [-0.2, 0) is 4.79 Å². The molecule has 4 heterocycles. The van der Waals surface area contributed by atoms with E-state index < -0.39 is 0 Å². The van der Waals surface area contributed by atoms with Crippen LogP contribution < -0.4 is 26.0 Å². The number of ether oxygens (including phenoxy) is 1. The summed E-state index contributed by atoms with van der Waals surface area (Å²) in [5.41, 5.74) is 4.10. The highest BCUT2D eigenvalue weighted by Gasteiger charge is 2.21. The van der Waals surface area contributed by atoms with Crippen LogP contribution in [0.4, 0.5) is 17.1 Å². The molecule has 0 spiro atoms. The number of nitrogens with zero attached hydrogens (tertiary/aromatic N) is 5. The lowest BCUT2D eigenvalue weighted by Gasteiger charge is -2.30. The number of likely N-dealkylation sites (N-methyl/N-ethyl adjacent to an activating group) is 1. The molecule has 11 nitrogen and oxygen atoms in total. The van der Waals surface area contributed by atoms with Gasteiger partial charge in [0.15, 0.2) is 5.65 Å². The van der Waals surface area contributed by atoms with Crippen molar-refractivity contribution >= 4 is 40.2 Å². The lowest BCUT2D eigenvalue weighted by atomic mass is 10.1. The molecule has 12 heteroatoms. The van der Waals surface area contributed by atoms with E-state index in [9.17, 15) is 4.79 Å². The summed E-state index contributed by atoms with van der Waals surface area (Å²) in [5, 5.41) is 21.5. The number of hydrogen-bond acceptors (Lipinski definition) is 9. The van der Waals surface area contributed by atoms with Gasteiger partial charge in [0.2, 0.25) is 11.8 Å². The minimum absolute atomic E-state index is 0.142. The molecule has 0 saturated carbocycles. The largest absolute Gasteiger partial charge is 0.437 e. The average Bonchev–Trinajstić information content (AvgIpc) is 3.57. The summed E-state index contributed by atoms with van der Waals surface area (Å²) in [6.45, 7) is 1.65. The summed E-state index contributed by atoms with van der Waals surface area (Å²) in [7, 11) is 2.08. The number of halogens is 1. The second-order valence-electron chi connectivity index (χ2n) is 9.55. The maximum absolute atomic E-state index is 12.6. The number of nitrogens with one attached hydrogen (secondary N) is 4. The molecule has 1 amide bonds. The van der Waals surface area contributed by atoms with Crippen LogP contribution in [0.15, 0.2) is 67.3 Å². The van der Waals surface area contributed by atoms with E-state index in [1.54, 1.807) is 41.3 Å². The van der Waals surface area contributed by atoms with Crippen LogP contribution in [0.25, 0.3) is 5.65 Å². The van der Waals surface area contributed by atoms with Gasteiger partial charge >= 0.3 is 0 Å². The van der Waals surface area contributed by atoms with E-state index in [2.05, 4.69) is 48.4 Å². The summed E-state index contributed by atoms with van der Waals surface area (Å²) in [5.74, 6) is 0.697. The number of carbonyl (C=O) groups excluding carboxylic acids is 1. The molecule has 0 bridgehead atoms. The van der Waals surface area contributed by atoms with E-state index in [4.69, 9.17) is 16.3 Å². The van der Waals surface area contributed by atoms with E-state index in [1.807, 2.05) is 30.3 Å². The Balaban J connectivity index is 1.13. The fraction of sp³-hybridized carbons (Fsp3) is 0.259. The summed E-state index contributed by atoms with van der Waals surface area (Å²) in [4.78, 5) is 19.1. The van der Waals surface area contributed by atoms with E-state index in [1.165, 1.54) is 0 Å². The number of carbonyl (C=O) groups is 1. The highest BCUT2D eigenvalue weighted by Crippen LogP contribution is 2.34. The third-order valence-corrected chi connectivity index (χ3v) is 7.18. The van der Waals surface area contributed by atoms with E-state index in [-0.39, 0.29) is 12.1 Å². The molecule has 0 radical (unpaired) electrons. The average molecular weight is 546 g/mol. The monoisotopic (exact) mass is 545 g/mol. The number of rotatable bonds is 7. The van der Waals surface area contributed by atoms with Crippen molar-refractivity contribution in [1.82, 2.24) is 29.8 Å². The van der Waals surface area contributed by atoms with Crippen molar-refractivity contribution in [3.63, 3.8) is 0 Å². The summed E-state index contributed by atoms with van der Waals surface area (Å²) < 4.78 is 7.56. The molecule has 2 aliphatic heterocycles. The van der Waals surface area contributed by atoms with Crippen molar-refractivity contribution in [3.8, 4) is 11.6 Å². The molecule has 2 aromatic heterocycles. The predicted octanol–water partition coefficient (Wildman–Crippen LogP) is 4.24. The van der Waals surface area contributed by atoms with Crippen molar-refractivity contribution in [3.05, 3.63) is 77.9 Å². The van der Waals surface area contributed by atoms with Crippen LogP contribution in [0, 0.1) is 0 Å². The second-order valence-corrected chi connectivity index (χ2v) is 9.95. The Hall–Kier alpha value is -4.19. The molecule has 200 valence electrons. The molecule has 2 aliphatic rings. The Labute approximate surface area is 230 Å². The van der Waals surface area contributed by atoms with Crippen LogP contribution in [0.5, 0.6) is 11.6 Å². The smallest absolute Gasteiger partial charge is 0.248 e. The van der Waals surface area contributed by atoms with Crippen LogP contribution >= 0.6 is 11.6 Å². The standard InChI is InChI=1S/C27H28ClN9O2/c1-36-10-2-3-19(36)6-9-25(38)33-17-4-7-22-20(11-17)27(30-14-29-22)34-18-5-8-23(21(28)12-18)39-26-13-24-35-32-16-37(24)15-31-26/h4-9,11-13,15-16,19,27,29-30,34H,2-3,10,14H2,1H3,(H,33,38)/b9-6+/t19-,27?/m1/s1. The van der Waals surface area contributed by atoms with Crippen LogP contribution in [0.1, 0.15) is 24.6 Å². The van der Waals surface area contributed by atoms with Gasteiger partial charge in [0, 0.05) is 40.8 Å². The molecule has 0 aliphatic carbocycles. The fourth-order valence-corrected chi connectivity index (χ4v) is 5.03. The van der Waals surface area contributed by atoms with Crippen molar-refractivity contribution in [2.75, 3.05) is 36.2 Å². The molecule has 4 aromatic rings. The SMILES string of the molecule is CN1CCC[C@@H]1/C=C/C(=O)Nc1ccc2c(c1)C(Nc1ccc(Oc3cc4nncn4cn3)c(Cl)c1)NCN2. The minimum atomic E-state index is -0.208. The highest BCUT2D eigenvalue weighted by molar-refractivity contribution is 6.32. The molecule has 1 saturated heterocycles. The van der Waals surface area contributed by atoms with Gasteiger partial charge in [0.1, 0.15) is 24.6 Å². The Morgan fingerprint density at radius 1 is 1.18 bits per heavy atom. The number of aromatic nitrogens is 4. The van der Waals surface area contributed by atoms with Gasteiger partial charge < -0.3 is 20.7 Å². The normalized spacial score (nSPS) is 19.1. The number of amides is 1. The fourth-order valence-electron chi connectivity index (χ4n) is 4.81. The molecule has 1 unspecified atom stereocenters. The van der Waals surface area contributed by atoms with Crippen molar-refractivity contribution < 1.29 is 9.53 Å². The molecular weight excluding hydrogens is 518 g/mol. The second kappa shape index (κ2) is 10.9. The number of fused-ring (bicyclic) bond motifs is 2. The first kappa shape index (κ1) is 25.1. The van der Waals surface area contributed by atoms with E-state index in [0.717, 1.165) is 42.0 Å². The van der Waals surface area contributed by atoms with Gasteiger partial charge in [-0.3, -0.25) is 19.4 Å². The Bertz CT molecular complexity index is 1540. The van der Waals surface area contributed by atoms with Crippen LogP contribution in [0.3, 0.4) is 0 Å². The Kier molecular flexibility index (Phi) is 7.01. The van der Waals surface area contributed by atoms with Gasteiger partial charge in [-0.05, 0) is 62.8 Å². The number of benzene rings is 2. The third-order valence-electron chi connectivity index (χ3n) is 6.88. The number of likely N-dealkylation sites (tertiary alicyclic amines) is 1. The van der Waals surface area contributed by atoms with Gasteiger partial charge in [-0.15, -0.1) is 10.2 Å². The predicted molar refractivity (Wildman–Crippen MR) is 150 cm³/mol. The first-order chi connectivity index (χ1) is 19.0. The lowest BCUT2D eigenvalue weighted by Crippen LogP contribution is -2.37.